The molecule has 3 rings (SSSR count). The van der Waals surface area contributed by atoms with Gasteiger partial charge in [-0.1, -0.05) is 35.9 Å². The normalized spacial score (nSPS) is 22.5. The molecule has 1 fully saturated rings. The van der Waals surface area contributed by atoms with E-state index in [1.54, 1.807) is 12.1 Å². The summed E-state index contributed by atoms with van der Waals surface area (Å²) < 4.78 is 18.4. The summed E-state index contributed by atoms with van der Waals surface area (Å²) in [6, 6.07) is 14.0. The standard InChI is InChI=1S/C14H10ClFO/c15-11-5-1-9(2-6-11)13-14(17-13)10-3-7-12(16)8-4-10/h1-8,13-14H/t13-,14-/m1/s1. The van der Waals surface area contributed by atoms with Gasteiger partial charge < -0.3 is 4.74 Å². The van der Waals surface area contributed by atoms with Crippen molar-refractivity contribution in [3.63, 3.8) is 0 Å². The largest absolute Gasteiger partial charge is 0.359 e. The summed E-state index contributed by atoms with van der Waals surface area (Å²) in [5, 5.41) is 0.715. The molecule has 0 spiro atoms. The van der Waals surface area contributed by atoms with Gasteiger partial charge in [0.2, 0.25) is 0 Å². The first-order valence-electron chi connectivity index (χ1n) is 5.40. The summed E-state index contributed by atoms with van der Waals surface area (Å²) in [6.07, 6.45) is 0.106. The second-order valence-electron chi connectivity index (χ2n) is 4.08. The maximum absolute atomic E-state index is 12.8. The minimum Gasteiger partial charge on any atom is -0.359 e. The van der Waals surface area contributed by atoms with Gasteiger partial charge in [-0.05, 0) is 35.4 Å². The predicted octanol–water partition coefficient (Wildman–Crippen LogP) is 4.29. The third-order valence-corrected chi connectivity index (χ3v) is 3.14. The van der Waals surface area contributed by atoms with Gasteiger partial charge in [0, 0.05) is 5.02 Å². The molecule has 17 heavy (non-hydrogen) atoms. The number of halogens is 2. The van der Waals surface area contributed by atoms with E-state index in [-0.39, 0.29) is 18.0 Å². The van der Waals surface area contributed by atoms with Crippen LogP contribution in [0.25, 0.3) is 0 Å². The molecule has 0 bridgehead atoms. The van der Waals surface area contributed by atoms with Crippen LogP contribution in [0.5, 0.6) is 0 Å². The average molecular weight is 249 g/mol. The van der Waals surface area contributed by atoms with Crippen LogP contribution >= 0.6 is 11.6 Å². The van der Waals surface area contributed by atoms with Crippen LogP contribution in [0.4, 0.5) is 4.39 Å². The molecule has 0 saturated carbocycles. The molecule has 1 aliphatic heterocycles. The summed E-state index contributed by atoms with van der Waals surface area (Å²) in [7, 11) is 0. The van der Waals surface area contributed by atoms with E-state index in [2.05, 4.69) is 0 Å². The molecule has 1 saturated heterocycles. The van der Waals surface area contributed by atoms with Gasteiger partial charge >= 0.3 is 0 Å². The minimum atomic E-state index is -0.225. The quantitative estimate of drug-likeness (QED) is 0.722. The van der Waals surface area contributed by atoms with Crippen LogP contribution < -0.4 is 0 Å². The highest BCUT2D eigenvalue weighted by Gasteiger charge is 2.41. The average Bonchev–Trinajstić information content (AvgIpc) is 3.11. The fraction of sp³-hybridized carbons (Fsp3) is 0.143. The molecule has 0 N–H and O–H groups in total. The highest BCUT2D eigenvalue weighted by atomic mass is 35.5. The zero-order valence-corrected chi connectivity index (χ0v) is 9.69. The Labute approximate surface area is 104 Å². The van der Waals surface area contributed by atoms with Crippen molar-refractivity contribution in [1.82, 2.24) is 0 Å². The Hall–Kier alpha value is -1.38. The van der Waals surface area contributed by atoms with Crippen molar-refractivity contribution in [3.8, 4) is 0 Å². The predicted molar refractivity (Wildman–Crippen MR) is 64.4 cm³/mol. The van der Waals surface area contributed by atoms with Crippen LogP contribution in [0.15, 0.2) is 48.5 Å². The summed E-state index contributed by atoms with van der Waals surface area (Å²) in [5.41, 5.74) is 2.11. The van der Waals surface area contributed by atoms with Gasteiger partial charge in [-0.3, -0.25) is 0 Å². The topological polar surface area (TPSA) is 12.5 Å². The molecule has 0 amide bonds. The molecule has 1 heterocycles. The molecular weight excluding hydrogens is 239 g/mol. The maximum Gasteiger partial charge on any atom is 0.123 e. The first-order valence-corrected chi connectivity index (χ1v) is 5.78. The summed E-state index contributed by atoms with van der Waals surface area (Å²) in [5.74, 6) is -0.225. The molecule has 0 aromatic heterocycles. The second-order valence-corrected chi connectivity index (χ2v) is 4.52. The van der Waals surface area contributed by atoms with E-state index >= 15 is 0 Å². The van der Waals surface area contributed by atoms with E-state index in [1.807, 2.05) is 24.3 Å². The van der Waals surface area contributed by atoms with Crippen molar-refractivity contribution in [2.45, 2.75) is 12.2 Å². The van der Waals surface area contributed by atoms with E-state index in [4.69, 9.17) is 16.3 Å². The number of benzene rings is 2. The summed E-state index contributed by atoms with van der Waals surface area (Å²) in [6.45, 7) is 0. The third kappa shape index (κ3) is 2.19. The molecule has 0 aliphatic carbocycles. The number of hydrogen-bond donors (Lipinski definition) is 0. The first-order chi connectivity index (χ1) is 8.24. The molecule has 2 atom stereocenters. The van der Waals surface area contributed by atoms with E-state index in [0.717, 1.165) is 11.1 Å². The fourth-order valence-corrected chi connectivity index (χ4v) is 2.05. The Balaban J connectivity index is 1.78. The van der Waals surface area contributed by atoms with E-state index in [1.165, 1.54) is 12.1 Å². The fourth-order valence-electron chi connectivity index (χ4n) is 1.92. The van der Waals surface area contributed by atoms with Crippen LogP contribution in [0, 0.1) is 5.82 Å². The third-order valence-electron chi connectivity index (χ3n) is 2.89. The van der Waals surface area contributed by atoms with E-state index in [9.17, 15) is 4.39 Å². The van der Waals surface area contributed by atoms with E-state index in [0.29, 0.717) is 5.02 Å². The number of rotatable bonds is 2. The Bertz CT molecular complexity index is 471. The van der Waals surface area contributed by atoms with Gasteiger partial charge in [-0.25, -0.2) is 4.39 Å². The van der Waals surface area contributed by atoms with Crippen molar-refractivity contribution in [1.29, 1.82) is 0 Å². The van der Waals surface area contributed by atoms with E-state index < -0.39 is 0 Å². The molecule has 0 unspecified atom stereocenters. The Kier molecular flexibility index (Phi) is 2.61. The molecule has 86 valence electrons. The Morgan fingerprint density at radius 3 is 1.82 bits per heavy atom. The zero-order chi connectivity index (χ0) is 11.8. The minimum absolute atomic E-state index is 0.0387. The SMILES string of the molecule is Fc1ccc([C@H]2O[C@@H]2c2ccc(Cl)cc2)cc1. The molecule has 0 radical (unpaired) electrons. The van der Waals surface area contributed by atoms with Gasteiger partial charge in [0.05, 0.1) is 0 Å². The van der Waals surface area contributed by atoms with Crippen LogP contribution in [-0.4, -0.2) is 0 Å². The lowest BCUT2D eigenvalue weighted by Gasteiger charge is -1.97. The highest BCUT2D eigenvalue weighted by molar-refractivity contribution is 6.30. The van der Waals surface area contributed by atoms with Gasteiger partial charge in [0.25, 0.3) is 0 Å². The second kappa shape index (κ2) is 4.13. The van der Waals surface area contributed by atoms with Crippen LogP contribution in [0.2, 0.25) is 5.02 Å². The van der Waals surface area contributed by atoms with Crippen molar-refractivity contribution >= 4 is 11.6 Å². The summed E-state index contributed by atoms with van der Waals surface area (Å²) >= 11 is 5.83. The van der Waals surface area contributed by atoms with Crippen LogP contribution in [0.1, 0.15) is 23.3 Å². The smallest absolute Gasteiger partial charge is 0.123 e. The van der Waals surface area contributed by atoms with Gasteiger partial charge in [-0.2, -0.15) is 0 Å². The number of hydrogen-bond acceptors (Lipinski definition) is 1. The molecule has 2 aromatic carbocycles. The van der Waals surface area contributed by atoms with Crippen molar-refractivity contribution < 1.29 is 9.13 Å². The van der Waals surface area contributed by atoms with Crippen molar-refractivity contribution in [3.05, 3.63) is 70.5 Å². The van der Waals surface area contributed by atoms with Gasteiger partial charge in [0.1, 0.15) is 18.0 Å². The van der Waals surface area contributed by atoms with Crippen molar-refractivity contribution in [2.24, 2.45) is 0 Å². The first kappa shape index (κ1) is 10.8. The zero-order valence-electron chi connectivity index (χ0n) is 8.94. The maximum atomic E-state index is 12.8. The Morgan fingerprint density at radius 2 is 1.29 bits per heavy atom. The molecule has 3 heteroatoms. The number of epoxide rings is 1. The molecule has 1 nitrogen and oxygen atoms in total. The van der Waals surface area contributed by atoms with Gasteiger partial charge in [0.15, 0.2) is 0 Å². The lowest BCUT2D eigenvalue weighted by Crippen LogP contribution is -1.84. The lowest BCUT2D eigenvalue weighted by atomic mass is 10.0. The lowest BCUT2D eigenvalue weighted by molar-refractivity contribution is 0.377. The molecule has 2 aromatic rings. The monoisotopic (exact) mass is 248 g/mol. The van der Waals surface area contributed by atoms with Crippen LogP contribution in [-0.2, 0) is 4.74 Å². The Morgan fingerprint density at radius 1 is 0.824 bits per heavy atom. The van der Waals surface area contributed by atoms with Gasteiger partial charge in [-0.15, -0.1) is 0 Å². The molecule has 1 aliphatic rings. The molecular formula is C14H10ClFO. The van der Waals surface area contributed by atoms with Crippen LogP contribution in [0.3, 0.4) is 0 Å². The number of ether oxygens (including phenoxy) is 1. The highest BCUT2D eigenvalue weighted by Crippen LogP contribution is 2.50. The van der Waals surface area contributed by atoms with Crippen molar-refractivity contribution in [2.75, 3.05) is 0 Å². The summed E-state index contributed by atoms with van der Waals surface area (Å²) in [4.78, 5) is 0.